The van der Waals surface area contributed by atoms with Crippen LogP contribution in [0.25, 0.3) is 5.69 Å². The van der Waals surface area contributed by atoms with E-state index >= 15 is 0 Å². The summed E-state index contributed by atoms with van der Waals surface area (Å²) in [4.78, 5) is 12.6. The molecule has 1 heterocycles. The molecule has 4 rings (SSSR count). The van der Waals surface area contributed by atoms with E-state index in [0.717, 1.165) is 22.2 Å². The molecule has 8 heteroatoms. The Bertz CT molecular complexity index is 1290. The first kappa shape index (κ1) is 23.1. The van der Waals surface area contributed by atoms with Crippen LogP contribution in [0.2, 0.25) is 0 Å². The minimum Gasteiger partial charge on any atom is -0.328 e. The lowest BCUT2D eigenvalue weighted by atomic mass is 10.2. The Kier molecular flexibility index (Phi) is 7.25. The molecule has 0 aliphatic rings. The van der Waals surface area contributed by atoms with Crippen molar-refractivity contribution in [2.24, 2.45) is 0 Å². The molecule has 0 fully saturated rings. The van der Waals surface area contributed by atoms with Crippen molar-refractivity contribution >= 4 is 23.5 Å². The molecular weight excluding hydrogens is 444 g/mol. The molecule has 0 saturated heterocycles. The summed E-state index contributed by atoms with van der Waals surface area (Å²) in [5, 5.41) is 24.3. The van der Waals surface area contributed by atoms with Crippen molar-refractivity contribution in [3.05, 3.63) is 101 Å². The van der Waals surface area contributed by atoms with Gasteiger partial charge in [0, 0.05) is 17.1 Å². The second-order valence-electron chi connectivity index (χ2n) is 7.80. The molecule has 0 aliphatic carbocycles. The molecule has 1 unspecified atom stereocenters. The number of aryl methyl sites for hydroxylation is 1. The van der Waals surface area contributed by atoms with Gasteiger partial charge in [0.05, 0.1) is 17.7 Å². The van der Waals surface area contributed by atoms with E-state index in [2.05, 4.69) is 39.0 Å². The number of rotatable bonds is 7. The summed E-state index contributed by atoms with van der Waals surface area (Å²) in [6.07, 6.45) is 0. The third-order valence-corrected chi connectivity index (χ3v) is 6.17. The summed E-state index contributed by atoms with van der Waals surface area (Å²) >= 11 is 1.60. The van der Waals surface area contributed by atoms with Gasteiger partial charge in [-0.05, 0) is 55.8 Å². The molecular formula is C26H24N6OS. The van der Waals surface area contributed by atoms with Gasteiger partial charge in [-0.2, -0.15) is 5.26 Å². The number of carbonyl (C=O) groups is 1. The molecule has 0 spiro atoms. The largest absolute Gasteiger partial charge is 0.328 e. The fraction of sp³-hybridized carbons (Fsp3) is 0.154. The van der Waals surface area contributed by atoms with Gasteiger partial charge in [0.15, 0.2) is 11.0 Å². The van der Waals surface area contributed by atoms with E-state index < -0.39 is 6.04 Å². The molecule has 7 nitrogen and oxygen atoms in total. The number of benzene rings is 3. The van der Waals surface area contributed by atoms with E-state index in [1.54, 1.807) is 36.0 Å². The van der Waals surface area contributed by atoms with Crippen molar-refractivity contribution in [1.82, 2.24) is 20.1 Å². The van der Waals surface area contributed by atoms with Crippen molar-refractivity contribution in [2.75, 3.05) is 5.32 Å². The molecule has 3 aromatic carbocycles. The summed E-state index contributed by atoms with van der Waals surface area (Å²) < 4.78 is 1.99. The maximum atomic E-state index is 12.6. The first-order chi connectivity index (χ1) is 16.5. The fourth-order valence-electron chi connectivity index (χ4n) is 3.37. The zero-order chi connectivity index (χ0) is 23.9. The van der Waals surface area contributed by atoms with Crippen molar-refractivity contribution in [3.8, 4) is 11.8 Å². The van der Waals surface area contributed by atoms with E-state index in [1.165, 1.54) is 5.56 Å². The highest BCUT2D eigenvalue weighted by molar-refractivity contribution is 7.98. The van der Waals surface area contributed by atoms with Crippen LogP contribution in [0, 0.1) is 18.3 Å². The van der Waals surface area contributed by atoms with Crippen LogP contribution in [0.1, 0.15) is 35.5 Å². The Morgan fingerprint density at radius 2 is 1.74 bits per heavy atom. The van der Waals surface area contributed by atoms with Gasteiger partial charge < -0.3 is 10.6 Å². The molecule has 4 aromatic rings. The molecule has 170 valence electrons. The van der Waals surface area contributed by atoms with Crippen LogP contribution in [0.5, 0.6) is 0 Å². The summed E-state index contributed by atoms with van der Waals surface area (Å²) in [7, 11) is 0. The van der Waals surface area contributed by atoms with E-state index in [9.17, 15) is 4.79 Å². The van der Waals surface area contributed by atoms with Crippen LogP contribution in [0.15, 0.2) is 84.0 Å². The van der Waals surface area contributed by atoms with Crippen molar-refractivity contribution in [2.45, 2.75) is 30.8 Å². The topological polar surface area (TPSA) is 95.6 Å². The van der Waals surface area contributed by atoms with Crippen LogP contribution >= 0.6 is 11.8 Å². The van der Waals surface area contributed by atoms with Gasteiger partial charge in [0.25, 0.3) is 0 Å². The number of thioether (sulfide) groups is 1. The van der Waals surface area contributed by atoms with Gasteiger partial charge in [-0.15, -0.1) is 10.2 Å². The average molecular weight is 469 g/mol. The highest BCUT2D eigenvalue weighted by Crippen LogP contribution is 2.27. The number of nitrogens with zero attached hydrogens (tertiary/aromatic N) is 4. The standard InChI is InChI=1S/C26H24N6OS/c1-18-8-14-23(15-9-18)32-24(30-31-26(32)34-17-21-6-4-3-5-7-21)19(2)28-25(33)29-22-12-10-20(16-27)11-13-22/h3-15,19H,17H2,1-2H3,(H2,28,29,33). The lowest BCUT2D eigenvalue weighted by Crippen LogP contribution is -2.32. The minimum atomic E-state index is -0.404. The maximum Gasteiger partial charge on any atom is 0.319 e. The first-order valence-electron chi connectivity index (χ1n) is 10.8. The second-order valence-corrected chi connectivity index (χ2v) is 8.74. The van der Waals surface area contributed by atoms with E-state index in [-0.39, 0.29) is 6.03 Å². The Morgan fingerprint density at radius 1 is 1.03 bits per heavy atom. The number of nitrogens with one attached hydrogen (secondary N) is 2. The second kappa shape index (κ2) is 10.7. The van der Waals surface area contributed by atoms with Crippen LogP contribution in [-0.2, 0) is 5.75 Å². The minimum absolute atomic E-state index is 0.367. The number of anilines is 1. The highest BCUT2D eigenvalue weighted by atomic mass is 32.2. The Labute approximate surface area is 202 Å². The molecule has 34 heavy (non-hydrogen) atoms. The number of hydrogen-bond donors (Lipinski definition) is 2. The third-order valence-electron chi connectivity index (χ3n) is 5.17. The smallest absolute Gasteiger partial charge is 0.319 e. The van der Waals surface area contributed by atoms with Crippen LogP contribution in [0.4, 0.5) is 10.5 Å². The lowest BCUT2D eigenvalue weighted by Gasteiger charge is -2.17. The van der Waals surface area contributed by atoms with Gasteiger partial charge in [-0.3, -0.25) is 4.57 Å². The zero-order valence-electron chi connectivity index (χ0n) is 18.9. The summed E-state index contributed by atoms with van der Waals surface area (Å²) in [5.74, 6) is 1.39. The zero-order valence-corrected chi connectivity index (χ0v) is 19.7. The van der Waals surface area contributed by atoms with Crippen LogP contribution in [-0.4, -0.2) is 20.8 Å². The van der Waals surface area contributed by atoms with E-state index in [4.69, 9.17) is 5.26 Å². The number of aromatic nitrogens is 3. The maximum absolute atomic E-state index is 12.6. The summed E-state index contributed by atoms with van der Waals surface area (Å²) in [6, 6.07) is 26.3. The number of urea groups is 1. The number of nitriles is 1. The average Bonchev–Trinajstić information content (AvgIpc) is 3.28. The Morgan fingerprint density at radius 3 is 2.41 bits per heavy atom. The predicted octanol–water partition coefficient (Wildman–Crippen LogP) is 5.62. The van der Waals surface area contributed by atoms with Gasteiger partial charge in [-0.25, -0.2) is 4.79 Å². The molecule has 2 N–H and O–H groups in total. The first-order valence-corrected chi connectivity index (χ1v) is 11.8. The molecule has 1 aromatic heterocycles. The molecule has 0 radical (unpaired) electrons. The molecule has 1 atom stereocenters. The van der Waals surface area contributed by atoms with Gasteiger partial charge in [0.1, 0.15) is 0 Å². The fourth-order valence-corrected chi connectivity index (χ4v) is 4.29. The Balaban J connectivity index is 1.54. The van der Waals surface area contributed by atoms with Gasteiger partial charge >= 0.3 is 6.03 Å². The quantitative estimate of drug-likeness (QED) is 0.343. The summed E-state index contributed by atoms with van der Waals surface area (Å²) in [6.45, 7) is 3.91. The molecule has 0 bridgehead atoms. The van der Waals surface area contributed by atoms with Crippen LogP contribution < -0.4 is 10.6 Å². The van der Waals surface area contributed by atoms with Gasteiger partial charge in [0.2, 0.25) is 0 Å². The summed E-state index contributed by atoms with van der Waals surface area (Å²) in [5.41, 5.74) is 4.42. The predicted molar refractivity (Wildman–Crippen MR) is 134 cm³/mol. The van der Waals surface area contributed by atoms with E-state index in [0.29, 0.717) is 17.1 Å². The SMILES string of the molecule is Cc1ccc(-n2c(SCc3ccccc3)nnc2C(C)NC(=O)Nc2ccc(C#N)cc2)cc1. The Hall–Kier alpha value is -4.09. The highest BCUT2D eigenvalue weighted by Gasteiger charge is 2.21. The van der Waals surface area contributed by atoms with Crippen molar-refractivity contribution in [3.63, 3.8) is 0 Å². The van der Waals surface area contributed by atoms with Crippen molar-refractivity contribution < 1.29 is 4.79 Å². The van der Waals surface area contributed by atoms with E-state index in [1.807, 2.05) is 60.9 Å². The number of carbonyl (C=O) groups excluding carboxylic acids is 1. The molecule has 0 saturated carbocycles. The van der Waals surface area contributed by atoms with Gasteiger partial charge in [-0.1, -0.05) is 59.8 Å². The van der Waals surface area contributed by atoms with Crippen molar-refractivity contribution in [1.29, 1.82) is 5.26 Å². The van der Waals surface area contributed by atoms with Crippen LogP contribution in [0.3, 0.4) is 0 Å². The number of amides is 2. The normalized spacial score (nSPS) is 11.4. The number of hydrogen-bond acceptors (Lipinski definition) is 5. The lowest BCUT2D eigenvalue weighted by molar-refractivity contribution is 0.249. The third kappa shape index (κ3) is 5.63. The monoisotopic (exact) mass is 468 g/mol. The molecule has 0 aliphatic heterocycles. The molecule has 2 amide bonds.